The van der Waals surface area contributed by atoms with Crippen molar-refractivity contribution in [1.82, 2.24) is 9.88 Å². The number of carbonyl (C=O) groups excluding carboxylic acids is 1. The predicted molar refractivity (Wildman–Crippen MR) is 92.8 cm³/mol. The summed E-state index contributed by atoms with van der Waals surface area (Å²) in [5.41, 5.74) is 2.00. The maximum absolute atomic E-state index is 12.3. The van der Waals surface area contributed by atoms with Gasteiger partial charge in [-0.1, -0.05) is 11.6 Å². The van der Waals surface area contributed by atoms with E-state index in [1.54, 1.807) is 42.5 Å². The van der Waals surface area contributed by atoms with E-state index in [-0.39, 0.29) is 5.91 Å². The molecule has 1 aromatic carbocycles. The first-order valence-corrected chi connectivity index (χ1v) is 7.82. The monoisotopic (exact) mass is 333 g/mol. The zero-order valence-corrected chi connectivity index (χ0v) is 14.2. The lowest BCUT2D eigenvalue weighted by atomic mass is 10.2. The molecule has 0 saturated carbocycles. The number of anilines is 2. The molecular weight excluding hydrogens is 314 g/mol. The highest BCUT2D eigenvalue weighted by atomic mass is 35.5. The van der Waals surface area contributed by atoms with Gasteiger partial charge in [0.1, 0.15) is 11.4 Å². The van der Waals surface area contributed by atoms with Crippen LogP contribution in [0.1, 0.15) is 24.3 Å². The van der Waals surface area contributed by atoms with Crippen molar-refractivity contribution in [2.75, 3.05) is 25.5 Å². The van der Waals surface area contributed by atoms with Gasteiger partial charge in [-0.25, -0.2) is 0 Å². The molecule has 0 aliphatic heterocycles. The maximum Gasteiger partial charge on any atom is 0.272 e. The van der Waals surface area contributed by atoms with Crippen LogP contribution in [0.25, 0.3) is 0 Å². The Labute approximate surface area is 141 Å². The fourth-order valence-electron chi connectivity index (χ4n) is 2.21. The molecular formula is C17H20ClN3O2. The SMILES string of the molecule is CCN(CC)C(=O)c1cc(Nc2ccc(OC)c(Cl)c2)ccn1. The molecule has 0 saturated heterocycles. The van der Waals surface area contributed by atoms with Crippen LogP contribution < -0.4 is 10.1 Å². The average molecular weight is 334 g/mol. The van der Waals surface area contributed by atoms with Crippen LogP contribution in [0, 0.1) is 0 Å². The van der Waals surface area contributed by atoms with Crippen molar-refractivity contribution in [1.29, 1.82) is 0 Å². The Bertz CT molecular complexity index is 687. The summed E-state index contributed by atoms with van der Waals surface area (Å²) in [6.45, 7) is 5.21. The molecule has 0 bridgehead atoms. The molecule has 0 unspecified atom stereocenters. The van der Waals surface area contributed by atoms with Gasteiger partial charge in [-0.2, -0.15) is 0 Å². The van der Waals surface area contributed by atoms with Gasteiger partial charge in [0.15, 0.2) is 0 Å². The van der Waals surface area contributed by atoms with E-state index in [1.165, 1.54) is 0 Å². The average Bonchev–Trinajstić information content (AvgIpc) is 2.56. The van der Waals surface area contributed by atoms with E-state index in [0.29, 0.717) is 29.6 Å². The smallest absolute Gasteiger partial charge is 0.272 e. The zero-order chi connectivity index (χ0) is 16.8. The molecule has 122 valence electrons. The Kier molecular flexibility index (Phi) is 5.82. The van der Waals surface area contributed by atoms with E-state index in [0.717, 1.165) is 11.4 Å². The molecule has 0 spiro atoms. The molecule has 2 rings (SSSR count). The minimum absolute atomic E-state index is 0.0774. The summed E-state index contributed by atoms with van der Waals surface area (Å²) in [5, 5.41) is 3.73. The highest BCUT2D eigenvalue weighted by Gasteiger charge is 2.14. The first kappa shape index (κ1) is 17.1. The highest BCUT2D eigenvalue weighted by Crippen LogP contribution is 2.28. The van der Waals surface area contributed by atoms with Gasteiger partial charge in [0.25, 0.3) is 5.91 Å². The molecule has 6 heteroatoms. The summed E-state index contributed by atoms with van der Waals surface area (Å²) in [5.74, 6) is 0.538. The lowest BCUT2D eigenvalue weighted by molar-refractivity contribution is 0.0767. The number of nitrogens with one attached hydrogen (secondary N) is 1. The minimum Gasteiger partial charge on any atom is -0.495 e. The largest absolute Gasteiger partial charge is 0.495 e. The number of nitrogens with zero attached hydrogens (tertiary/aromatic N) is 2. The van der Waals surface area contributed by atoms with Crippen LogP contribution >= 0.6 is 11.6 Å². The Morgan fingerprint density at radius 1 is 1.22 bits per heavy atom. The third-order valence-corrected chi connectivity index (χ3v) is 3.77. The quantitative estimate of drug-likeness (QED) is 0.869. The van der Waals surface area contributed by atoms with Gasteiger partial charge in [-0.15, -0.1) is 0 Å². The van der Waals surface area contributed by atoms with Crippen molar-refractivity contribution in [2.45, 2.75) is 13.8 Å². The molecule has 0 aliphatic carbocycles. The zero-order valence-electron chi connectivity index (χ0n) is 13.5. The van der Waals surface area contributed by atoms with E-state index in [4.69, 9.17) is 16.3 Å². The number of amides is 1. The summed E-state index contributed by atoms with van der Waals surface area (Å²) >= 11 is 6.12. The van der Waals surface area contributed by atoms with Crippen LogP contribution in [0.4, 0.5) is 11.4 Å². The molecule has 23 heavy (non-hydrogen) atoms. The second-order valence-electron chi connectivity index (χ2n) is 4.88. The van der Waals surface area contributed by atoms with Gasteiger partial charge in [0.2, 0.25) is 0 Å². The van der Waals surface area contributed by atoms with Crippen molar-refractivity contribution in [3.63, 3.8) is 0 Å². The number of methoxy groups -OCH3 is 1. The Hall–Kier alpha value is -2.27. The van der Waals surface area contributed by atoms with Gasteiger partial charge < -0.3 is 15.0 Å². The molecule has 1 amide bonds. The molecule has 1 N–H and O–H groups in total. The highest BCUT2D eigenvalue weighted by molar-refractivity contribution is 6.32. The van der Waals surface area contributed by atoms with Gasteiger partial charge in [-0.05, 0) is 44.2 Å². The van der Waals surface area contributed by atoms with E-state index < -0.39 is 0 Å². The molecule has 0 atom stereocenters. The molecule has 1 heterocycles. The van der Waals surface area contributed by atoms with Crippen LogP contribution in [-0.2, 0) is 0 Å². The standard InChI is InChI=1S/C17H20ClN3O2/c1-4-21(5-2)17(22)15-11-13(8-9-19-15)20-12-6-7-16(23-3)14(18)10-12/h6-11H,4-5H2,1-3H3,(H,19,20). The molecule has 0 aliphatic rings. The molecule has 2 aromatic rings. The fraction of sp³-hybridized carbons (Fsp3) is 0.294. The summed E-state index contributed by atoms with van der Waals surface area (Å²) < 4.78 is 5.13. The van der Waals surface area contributed by atoms with Crippen LogP contribution in [-0.4, -0.2) is 36.0 Å². The molecule has 0 fully saturated rings. The first-order chi connectivity index (χ1) is 11.1. The minimum atomic E-state index is -0.0774. The topological polar surface area (TPSA) is 54.5 Å². The summed E-state index contributed by atoms with van der Waals surface area (Å²) in [7, 11) is 1.57. The summed E-state index contributed by atoms with van der Waals surface area (Å²) in [6.07, 6.45) is 1.62. The number of rotatable bonds is 6. The Morgan fingerprint density at radius 3 is 2.52 bits per heavy atom. The van der Waals surface area contributed by atoms with Crippen molar-refractivity contribution in [2.24, 2.45) is 0 Å². The molecule has 1 aromatic heterocycles. The van der Waals surface area contributed by atoms with Crippen molar-refractivity contribution in [3.05, 3.63) is 47.2 Å². The number of carbonyl (C=O) groups is 1. The number of pyridine rings is 1. The molecule has 5 nitrogen and oxygen atoms in total. The van der Waals surface area contributed by atoms with Crippen LogP contribution in [0.2, 0.25) is 5.02 Å². The van der Waals surface area contributed by atoms with Crippen LogP contribution in [0.5, 0.6) is 5.75 Å². The van der Waals surface area contributed by atoms with Crippen molar-refractivity contribution in [3.8, 4) is 5.75 Å². The molecule has 0 radical (unpaired) electrons. The third kappa shape index (κ3) is 4.13. The number of benzene rings is 1. The Balaban J connectivity index is 2.20. The normalized spacial score (nSPS) is 10.3. The number of ether oxygens (including phenoxy) is 1. The number of halogens is 1. The van der Waals surface area contributed by atoms with E-state index >= 15 is 0 Å². The Morgan fingerprint density at radius 2 is 1.91 bits per heavy atom. The number of hydrogen-bond acceptors (Lipinski definition) is 4. The third-order valence-electron chi connectivity index (χ3n) is 3.47. The van der Waals surface area contributed by atoms with E-state index in [2.05, 4.69) is 10.3 Å². The fourth-order valence-corrected chi connectivity index (χ4v) is 2.47. The van der Waals surface area contributed by atoms with Crippen molar-refractivity contribution >= 4 is 28.9 Å². The second kappa shape index (κ2) is 7.83. The second-order valence-corrected chi connectivity index (χ2v) is 5.29. The van der Waals surface area contributed by atoms with Crippen LogP contribution in [0.15, 0.2) is 36.5 Å². The lowest BCUT2D eigenvalue weighted by Gasteiger charge is -2.18. The van der Waals surface area contributed by atoms with E-state index in [1.807, 2.05) is 19.9 Å². The van der Waals surface area contributed by atoms with Gasteiger partial charge in [-0.3, -0.25) is 9.78 Å². The lowest BCUT2D eigenvalue weighted by Crippen LogP contribution is -2.31. The van der Waals surface area contributed by atoms with E-state index in [9.17, 15) is 4.79 Å². The maximum atomic E-state index is 12.3. The number of hydrogen-bond donors (Lipinski definition) is 1. The van der Waals surface area contributed by atoms with Crippen LogP contribution in [0.3, 0.4) is 0 Å². The number of aromatic nitrogens is 1. The van der Waals surface area contributed by atoms with Gasteiger partial charge in [0, 0.05) is 30.7 Å². The van der Waals surface area contributed by atoms with Gasteiger partial charge in [0.05, 0.1) is 12.1 Å². The predicted octanol–water partition coefficient (Wildman–Crippen LogP) is 3.97. The van der Waals surface area contributed by atoms with Crippen molar-refractivity contribution < 1.29 is 9.53 Å². The van der Waals surface area contributed by atoms with Gasteiger partial charge >= 0.3 is 0 Å². The summed E-state index contributed by atoms with van der Waals surface area (Å²) in [4.78, 5) is 18.2. The first-order valence-electron chi connectivity index (χ1n) is 7.44. The summed E-state index contributed by atoms with van der Waals surface area (Å²) in [6, 6.07) is 8.95.